The molecule has 2 heterocycles. The summed E-state index contributed by atoms with van der Waals surface area (Å²) in [4.78, 5) is 15.3. The van der Waals surface area contributed by atoms with Gasteiger partial charge >= 0.3 is 0 Å². The average Bonchev–Trinajstić information content (AvgIpc) is 3.82. The number of thiophene rings is 1. The molecule has 3 nitrogen and oxygen atoms in total. The van der Waals surface area contributed by atoms with E-state index in [2.05, 4.69) is 133 Å². The Morgan fingerprint density at radius 3 is 1.98 bits per heavy atom. The van der Waals surface area contributed by atoms with Crippen molar-refractivity contribution in [3.8, 4) is 45.0 Å². The van der Waals surface area contributed by atoms with Crippen LogP contribution in [0.1, 0.15) is 40.9 Å². The average molecular weight is 656 g/mol. The molecule has 0 N–H and O–H groups in total. The van der Waals surface area contributed by atoms with Crippen LogP contribution < -0.4 is 0 Å². The molecule has 3 aliphatic carbocycles. The fourth-order valence-corrected chi connectivity index (χ4v) is 9.93. The first-order chi connectivity index (χ1) is 24.8. The summed E-state index contributed by atoms with van der Waals surface area (Å²) >= 11 is 1.91. The van der Waals surface area contributed by atoms with Crippen LogP contribution in [0.3, 0.4) is 0 Å². The number of allylic oxidation sites excluding steroid dienone is 4. The molecule has 11 rings (SSSR count). The standard InChI is InChI=1S/C46H29N3S/c1-3-13-28(14-4-1)43-47-44(29-15-5-2-6-16-29)49-45(48-43)30-23-24-35-39(27-30)46(36-20-10-7-17-31(36)32-18-8-11-21-37(32)46)38-26-25-34-33-19-9-12-22-40(33)50-42(34)41(35)38/h1,3-5,7-27H,2,6H2. The minimum Gasteiger partial charge on any atom is -0.208 e. The van der Waals surface area contributed by atoms with Gasteiger partial charge in [0.15, 0.2) is 17.5 Å². The molecule has 0 atom stereocenters. The molecule has 234 valence electrons. The van der Waals surface area contributed by atoms with E-state index in [1.54, 1.807) is 0 Å². The van der Waals surface area contributed by atoms with Crippen molar-refractivity contribution in [1.82, 2.24) is 15.0 Å². The normalized spacial score (nSPS) is 14.8. The van der Waals surface area contributed by atoms with Gasteiger partial charge in [-0.15, -0.1) is 11.3 Å². The van der Waals surface area contributed by atoms with Gasteiger partial charge in [-0.2, -0.15) is 0 Å². The van der Waals surface area contributed by atoms with Crippen molar-refractivity contribution < 1.29 is 0 Å². The molecule has 50 heavy (non-hydrogen) atoms. The topological polar surface area (TPSA) is 38.7 Å². The quantitative estimate of drug-likeness (QED) is 0.190. The Hall–Kier alpha value is -5.97. The lowest BCUT2D eigenvalue weighted by Crippen LogP contribution is -2.25. The molecule has 3 aliphatic rings. The molecule has 4 heteroatoms. The first kappa shape index (κ1) is 27.9. The fourth-order valence-electron chi connectivity index (χ4n) is 8.67. The van der Waals surface area contributed by atoms with Crippen molar-refractivity contribution in [2.75, 3.05) is 0 Å². The molecule has 2 aromatic heterocycles. The van der Waals surface area contributed by atoms with E-state index in [9.17, 15) is 0 Å². The zero-order valence-electron chi connectivity index (χ0n) is 27.1. The maximum atomic E-state index is 5.17. The van der Waals surface area contributed by atoms with Crippen molar-refractivity contribution >= 4 is 37.1 Å². The summed E-state index contributed by atoms with van der Waals surface area (Å²) in [6.45, 7) is 0. The van der Waals surface area contributed by atoms with Gasteiger partial charge in [0.05, 0.1) is 5.41 Å². The third kappa shape index (κ3) is 3.77. The monoisotopic (exact) mass is 655 g/mol. The minimum atomic E-state index is -0.467. The van der Waals surface area contributed by atoms with E-state index < -0.39 is 5.41 Å². The highest BCUT2D eigenvalue weighted by Gasteiger charge is 2.52. The van der Waals surface area contributed by atoms with Crippen molar-refractivity contribution in [3.05, 3.63) is 180 Å². The van der Waals surface area contributed by atoms with Gasteiger partial charge in [0.25, 0.3) is 0 Å². The summed E-state index contributed by atoms with van der Waals surface area (Å²) < 4.78 is 2.67. The van der Waals surface area contributed by atoms with Crippen LogP contribution in [0, 0.1) is 0 Å². The molecular weight excluding hydrogens is 627 g/mol. The van der Waals surface area contributed by atoms with Crippen LogP contribution in [0.15, 0.2) is 152 Å². The largest absolute Gasteiger partial charge is 0.208 e. The highest BCUT2D eigenvalue weighted by molar-refractivity contribution is 7.26. The van der Waals surface area contributed by atoms with Gasteiger partial charge < -0.3 is 0 Å². The zero-order chi connectivity index (χ0) is 32.8. The number of aromatic nitrogens is 3. The molecule has 0 radical (unpaired) electrons. The number of hydrogen-bond acceptors (Lipinski definition) is 4. The van der Waals surface area contributed by atoms with Crippen LogP contribution in [0.5, 0.6) is 0 Å². The number of benzene rings is 6. The van der Waals surface area contributed by atoms with Crippen molar-refractivity contribution in [2.45, 2.75) is 18.3 Å². The smallest absolute Gasteiger partial charge is 0.164 e. The number of rotatable bonds is 3. The number of fused-ring (bicyclic) bond motifs is 14. The van der Waals surface area contributed by atoms with Crippen LogP contribution in [0.2, 0.25) is 0 Å². The maximum absolute atomic E-state index is 5.17. The van der Waals surface area contributed by atoms with Crippen LogP contribution in [0.25, 0.3) is 70.8 Å². The van der Waals surface area contributed by atoms with Crippen LogP contribution in [-0.2, 0) is 5.41 Å². The van der Waals surface area contributed by atoms with Crippen molar-refractivity contribution in [2.24, 2.45) is 0 Å². The van der Waals surface area contributed by atoms with Gasteiger partial charge in [-0.25, -0.2) is 15.0 Å². The second kappa shape index (κ2) is 10.5. The maximum Gasteiger partial charge on any atom is 0.164 e. The molecule has 1 spiro atoms. The van der Waals surface area contributed by atoms with E-state index in [4.69, 9.17) is 15.0 Å². The van der Waals surface area contributed by atoms with Crippen molar-refractivity contribution in [1.29, 1.82) is 0 Å². The predicted octanol–water partition coefficient (Wildman–Crippen LogP) is 11.7. The third-order valence-corrected chi connectivity index (χ3v) is 12.0. The molecule has 0 aliphatic heterocycles. The molecule has 0 amide bonds. The second-order valence-corrected chi connectivity index (χ2v) is 14.4. The molecule has 0 unspecified atom stereocenters. The Bertz CT molecular complexity index is 2720. The molecule has 0 saturated heterocycles. The van der Waals surface area contributed by atoms with Crippen molar-refractivity contribution in [3.63, 3.8) is 0 Å². The van der Waals surface area contributed by atoms with Gasteiger partial charge in [-0.1, -0.05) is 140 Å². The van der Waals surface area contributed by atoms with Crippen LogP contribution >= 0.6 is 11.3 Å². The summed E-state index contributed by atoms with van der Waals surface area (Å²) in [5.74, 6) is 2.09. The Morgan fingerprint density at radius 1 is 0.500 bits per heavy atom. The van der Waals surface area contributed by atoms with E-state index >= 15 is 0 Å². The SMILES string of the molecule is C1=CC(c2nc(-c3ccccc3)nc(-c3ccc4c(c3)C3(c5ccccc5-c5ccccc53)c3ccc5c(sc6ccccc65)c3-4)n2)=CCC1. The molecule has 0 fully saturated rings. The fraction of sp³-hybridized carbons (Fsp3) is 0.0652. The summed E-state index contributed by atoms with van der Waals surface area (Å²) in [5, 5.41) is 2.64. The molecule has 0 bridgehead atoms. The molecule has 6 aromatic carbocycles. The summed E-state index contributed by atoms with van der Waals surface area (Å²) in [5.41, 5.74) is 13.1. The van der Waals surface area contributed by atoms with Gasteiger partial charge in [0.2, 0.25) is 0 Å². The molecule has 8 aromatic rings. The first-order valence-corrected chi connectivity index (χ1v) is 18.1. The molecule has 0 saturated carbocycles. The van der Waals surface area contributed by atoms with Crippen LogP contribution in [0.4, 0.5) is 0 Å². The van der Waals surface area contributed by atoms with Gasteiger partial charge in [-0.3, -0.25) is 0 Å². The second-order valence-electron chi connectivity index (χ2n) is 13.4. The lowest BCUT2D eigenvalue weighted by Gasteiger charge is -2.30. The summed E-state index contributed by atoms with van der Waals surface area (Å²) in [6.07, 6.45) is 8.62. The van der Waals surface area contributed by atoms with E-state index in [1.165, 1.54) is 64.7 Å². The minimum absolute atomic E-state index is 0.467. The summed E-state index contributed by atoms with van der Waals surface area (Å²) in [7, 11) is 0. The van der Waals surface area contributed by atoms with E-state index in [0.717, 1.165) is 29.5 Å². The Morgan fingerprint density at radius 2 is 1.20 bits per heavy atom. The van der Waals surface area contributed by atoms with Gasteiger partial charge in [0, 0.05) is 42.4 Å². The predicted molar refractivity (Wildman–Crippen MR) is 206 cm³/mol. The highest BCUT2D eigenvalue weighted by atomic mass is 32.1. The van der Waals surface area contributed by atoms with Gasteiger partial charge in [0.1, 0.15) is 0 Å². The third-order valence-electron chi connectivity index (χ3n) is 10.8. The first-order valence-electron chi connectivity index (χ1n) is 17.3. The number of hydrogen-bond donors (Lipinski definition) is 0. The Kier molecular flexibility index (Phi) is 5.87. The highest BCUT2D eigenvalue weighted by Crippen LogP contribution is 2.64. The number of nitrogens with zero attached hydrogens (tertiary/aromatic N) is 3. The van der Waals surface area contributed by atoms with Gasteiger partial charge in [-0.05, 0) is 63.9 Å². The Labute approximate surface area is 294 Å². The van der Waals surface area contributed by atoms with E-state index in [-0.39, 0.29) is 0 Å². The Balaban J connectivity index is 1.22. The van der Waals surface area contributed by atoms with E-state index in [0.29, 0.717) is 17.5 Å². The van der Waals surface area contributed by atoms with Crippen LogP contribution in [-0.4, -0.2) is 15.0 Å². The molecular formula is C46H29N3S. The van der Waals surface area contributed by atoms with E-state index in [1.807, 2.05) is 29.5 Å². The zero-order valence-corrected chi connectivity index (χ0v) is 27.9. The summed E-state index contributed by atoms with van der Waals surface area (Å²) in [6, 6.07) is 48.8. The lowest BCUT2D eigenvalue weighted by atomic mass is 9.70. The lowest BCUT2D eigenvalue weighted by molar-refractivity contribution is 0.794.